The molecular weight excluding hydrogens is 448 g/mol. The highest BCUT2D eigenvalue weighted by Crippen LogP contribution is 2.36. The molecule has 1 amide bonds. The van der Waals surface area contributed by atoms with Crippen LogP contribution in [0.15, 0.2) is 71.6 Å². The summed E-state index contributed by atoms with van der Waals surface area (Å²) in [5.74, 6) is -3.55. The number of aliphatic carboxylic acids is 1. The second-order valence-electron chi connectivity index (χ2n) is 7.55. The van der Waals surface area contributed by atoms with E-state index >= 15 is 0 Å². The minimum Gasteiger partial charge on any atom is -0.497 e. The highest BCUT2D eigenvalue weighted by molar-refractivity contribution is 7.89. The third kappa shape index (κ3) is 4.77. The van der Waals surface area contributed by atoms with Gasteiger partial charge >= 0.3 is 5.97 Å². The van der Waals surface area contributed by atoms with Gasteiger partial charge in [-0.15, -0.1) is 0 Å². The Balaban J connectivity index is 2.00. The lowest BCUT2D eigenvalue weighted by molar-refractivity contribution is -0.159. The number of nitrogens with zero attached hydrogens (tertiary/aromatic N) is 1. The van der Waals surface area contributed by atoms with Crippen LogP contribution in [-0.4, -0.2) is 55.5 Å². The van der Waals surface area contributed by atoms with E-state index in [1.807, 2.05) is 30.3 Å². The number of hydrogen-bond donors (Lipinski definition) is 2. The second kappa shape index (κ2) is 10.2. The van der Waals surface area contributed by atoms with Gasteiger partial charge in [-0.2, -0.15) is 4.31 Å². The number of carbonyl (C=O) groups excluding carboxylic acids is 1. The summed E-state index contributed by atoms with van der Waals surface area (Å²) in [6.45, 7) is -0.358. The number of ether oxygens (including phenoxy) is 2. The minimum atomic E-state index is -4.43. The molecule has 3 rings (SSSR count). The number of carboxylic acids is 1. The van der Waals surface area contributed by atoms with Crippen LogP contribution in [0.25, 0.3) is 0 Å². The second-order valence-corrected chi connectivity index (χ2v) is 9.41. The quantitative estimate of drug-likeness (QED) is 0.418. The Morgan fingerprint density at radius 2 is 1.79 bits per heavy atom. The van der Waals surface area contributed by atoms with Gasteiger partial charge in [-0.25, -0.2) is 13.2 Å². The number of amides is 1. The number of hydrogen-bond acceptors (Lipinski definition) is 6. The lowest BCUT2D eigenvalue weighted by Crippen LogP contribution is -2.68. The summed E-state index contributed by atoms with van der Waals surface area (Å²) in [5.41, 5.74) is 3.94. The van der Waals surface area contributed by atoms with Gasteiger partial charge in [0.05, 0.1) is 25.2 Å². The molecule has 0 spiro atoms. The predicted octanol–water partition coefficient (Wildman–Crippen LogP) is 1.79. The summed E-state index contributed by atoms with van der Waals surface area (Å²) in [7, 11) is -2.99. The molecule has 2 atom stereocenters. The molecule has 1 heterocycles. The van der Waals surface area contributed by atoms with Crippen LogP contribution in [0, 0.1) is 5.92 Å². The van der Waals surface area contributed by atoms with Crippen molar-refractivity contribution in [1.29, 1.82) is 0 Å². The molecule has 1 aliphatic rings. The monoisotopic (exact) mass is 474 g/mol. The Morgan fingerprint density at radius 1 is 1.12 bits per heavy atom. The number of methoxy groups -OCH3 is 1. The molecule has 0 saturated heterocycles. The van der Waals surface area contributed by atoms with Crippen LogP contribution in [0.4, 0.5) is 0 Å². The van der Waals surface area contributed by atoms with Crippen LogP contribution in [0.5, 0.6) is 5.75 Å². The first-order valence-electron chi connectivity index (χ1n) is 10.2. The van der Waals surface area contributed by atoms with Crippen molar-refractivity contribution in [2.45, 2.75) is 23.5 Å². The maximum Gasteiger partial charge on any atom is 0.335 e. The number of carbonyl (C=O) groups is 2. The maximum absolute atomic E-state index is 13.5. The molecule has 0 aliphatic carbocycles. The Kier molecular flexibility index (Phi) is 7.52. The van der Waals surface area contributed by atoms with E-state index < -0.39 is 33.4 Å². The molecule has 10 heteroatoms. The van der Waals surface area contributed by atoms with Gasteiger partial charge in [0.2, 0.25) is 15.6 Å². The number of carboxylic acid groups (broad SMARTS) is 1. The van der Waals surface area contributed by atoms with E-state index in [0.29, 0.717) is 10.1 Å². The van der Waals surface area contributed by atoms with Gasteiger partial charge in [0.25, 0.3) is 5.91 Å². The molecular formula is C23H26N2O7S. The standard InChI is InChI=1S/C23H26N2O7S/c1-31-19-10-12-20(13-11-19)33(29,30)25-14-6-5-9-18(23(25,21(24)26)22(27)28)16-32-15-17-7-3-2-4-8-17/h2-8,10-13,18H,9,14-16H2,1H3,(H2,24,26)(H,27,28). The van der Waals surface area contributed by atoms with Crippen LogP contribution >= 0.6 is 0 Å². The van der Waals surface area contributed by atoms with Gasteiger partial charge in [-0.1, -0.05) is 42.5 Å². The van der Waals surface area contributed by atoms with Gasteiger partial charge in [0.15, 0.2) is 0 Å². The molecule has 9 nitrogen and oxygen atoms in total. The number of allylic oxidation sites excluding steroid dienone is 1. The van der Waals surface area contributed by atoms with Gasteiger partial charge < -0.3 is 20.3 Å². The lowest BCUT2D eigenvalue weighted by atomic mass is 9.81. The van der Waals surface area contributed by atoms with Crippen molar-refractivity contribution in [2.75, 3.05) is 20.3 Å². The lowest BCUT2D eigenvalue weighted by Gasteiger charge is -2.40. The number of rotatable bonds is 9. The molecule has 0 radical (unpaired) electrons. The largest absolute Gasteiger partial charge is 0.497 e. The molecule has 3 N–H and O–H groups in total. The summed E-state index contributed by atoms with van der Waals surface area (Å²) in [6, 6.07) is 14.7. The molecule has 2 aromatic rings. The Morgan fingerprint density at radius 3 is 2.36 bits per heavy atom. The van der Waals surface area contributed by atoms with Crippen molar-refractivity contribution >= 4 is 21.9 Å². The number of nitrogens with two attached hydrogens (primary N) is 1. The summed E-state index contributed by atoms with van der Waals surface area (Å²) < 4.78 is 38.5. The van der Waals surface area contributed by atoms with Crippen molar-refractivity contribution in [3.63, 3.8) is 0 Å². The molecule has 0 bridgehead atoms. The topological polar surface area (TPSA) is 136 Å². The van der Waals surface area contributed by atoms with E-state index in [-0.39, 0.29) is 31.1 Å². The van der Waals surface area contributed by atoms with Crippen molar-refractivity contribution in [3.05, 3.63) is 72.3 Å². The molecule has 0 aromatic heterocycles. The van der Waals surface area contributed by atoms with Crippen molar-refractivity contribution in [3.8, 4) is 5.75 Å². The molecule has 2 aromatic carbocycles. The maximum atomic E-state index is 13.5. The first-order chi connectivity index (χ1) is 15.7. The smallest absolute Gasteiger partial charge is 0.335 e. The van der Waals surface area contributed by atoms with Crippen LogP contribution in [-0.2, 0) is 31.0 Å². The predicted molar refractivity (Wildman–Crippen MR) is 120 cm³/mol. The van der Waals surface area contributed by atoms with Gasteiger partial charge in [0, 0.05) is 12.5 Å². The number of benzene rings is 2. The normalized spacial score (nSPS) is 21.3. The third-order valence-corrected chi connectivity index (χ3v) is 7.51. The molecule has 0 saturated carbocycles. The molecule has 0 fully saturated rings. The van der Waals surface area contributed by atoms with Gasteiger partial charge in [0.1, 0.15) is 5.75 Å². The fraction of sp³-hybridized carbons (Fsp3) is 0.304. The minimum absolute atomic E-state index is 0.0959. The highest BCUT2D eigenvalue weighted by atomic mass is 32.2. The molecule has 2 unspecified atom stereocenters. The van der Waals surface area contributed by atoms with Crippen LogP contribution in [0.3, 0.4) is 0 Å². The fourth-order valence-electron chi connectivity index (χ4n) is 3.90. The zero-order valence-corrected chi connectivity index (χ0v) is 18.9. The highest BCUT2D eigenvalue weighted by Gasteiger charge is 2.60. The van der Waals surface area contributed by atoms with E-state index in [0.717, 1.165) is 5.56 Å². The van der Waals surface area contributed by atoms with Gasteiger partial charge in [-0.05, 0) is 36.2 Å². The zero-order valence-electron chi connectivity index (χ0n) is 18.1. The first-order valence-corrected chi connectivity index (χ1v) is 11.7. The summed E-state index contributed by atoms with van der Waals surface area (Å²) in [4.78, 5) is 25.1. The SMILES string of the molecule is COc1ccc(S(=O)(=O)N2CC=CCC(COCc3ccccc3)C2(C(N)=O)C(=O)O)cc1. The van der Waals surface area contributed by atoms with Crippen molar-refractivity contribution in [1.82, 2.24) is 4.31 Å². The first kappa shape index (κ1) is 24.4. The summed E-state index contributed by atoms with van der Waals surface area (Å²) in [6.07, 6.45) is 3.25. The molecule has 1 aliphatic heterocycles. The number of primary amides is 1. The van der Waals surface area contributed by atoms with Gasteiger partial charge in [-0.3, -0.25) is 4.79 Å². The van der Waals surface area contributed by atoms with E-state index in [1.165, 1.54) is 37.5 Å². The molecule has 176 valence electrons. The van der Waals surface area contributed by atoms with Crippen LogP contribution in [0.2, 0.25) is 0 Å². The Labute approximate surface area is 192 Å². The fourth-order valence-corrected chi connectivity index (χ4v) is 5.62. The average Bonchev–Trinajstić information content (AvgIpc) is 3.01. The summed E-state index contributed by atoms with van der Waals surface area (Å²) >= 11 is 0. The average molecular weight is 475 g/mol. The van der Waals surface area contributed by atoms with E-state index in [9.17, 15) is 23.1 Å². The third-order valence-electron chi connectivity index (χ3n) is 5.62. The zero-order chi connectivity index (χ0) is 24.1. The van der Waals surface area contributed by atoms with E-state index in [2.05, 4.69) is 0 Å². The molecule has 33 heavy (non-hydrogen) atoms. The van der Waals surface area contributed by atoms with Crippen molar-refractivity contribution < 1.29 is 32.6 Å². The summed E-state index contributed by atoms with van der Waals surface area (Å²) in [5, 5.41) is 10.2. The van der Waals surface area contributed by atoms with Crippen LogP contribution < -0.4 is 10.5 Å². The Hall–Kier alpha value is -3.21. The van der Waals surface area contributed by atoms with Crippen molar-refractivity contribution in [2.24, 2.45) is 11.7 Å². The van der Waals surface area contributed by atoms with E-state index in [1.54, 1.807) is 6.08 Å². The van der Waals surface area contributed by atoms with Crippen LogP contribution in [0.1, 0.15) is 12.0 Å². The number of sulfonamides is 1. The Bertz CT molecular complexity index is 1100. The van der Waals surface area contributed by atoms with E-state index in [4.69, 9.17) is 15.2 Å².